The number of hydrogen-bond acceptors (Lipinski definition) is 4. The zero-order chi connectivity index (χ0) is 14.5. The van der Waals surface area contributed by atoms with E-state index in [9.17, 15) is 9.59 Å². The molecule has 0 bridgehead atoms. The topological polar surface area (TPSA) is 107 Å². The molecule has 0 radical (unpaired) electrons. The van der Waals surface area contributed by atoms with E-state index in [1.165, 1.54) is 0 Å². The molecule has 7 heteroatoms. The Hall–Kier alpha value is -1.89. The predicted octanol–water partition coefficient (Wildman–Crippen LogP) is 0.0411. The molecule has 1 aromatic heterocycles. The van der Waals surface area contributed by atoms with Gasteiger partial charge in [-0.05, 0) is 5.92 Å². The quantitative estimate of drug-likeness (QED) is 0.588. The van der Waals surface area contributed by atoms with Gasteiger partial charge in [0.1, 0.15) is 0 Å². The van der Waals surface area contributed by atoms with Gasteiger partial charge in [-0.15, -0.1) is 0 Å². The smallest absolute Gasteiger partial charge is 0.303 e. The van der Waals surface area contributed by atoms with Gasteiger partial charge in [0, 0.05) is 25.9 Å². The second kappa shape index (κ2) is 6.51. The lowest BCUT2D eigenvalue weighted by Gasteiger charge is -2.23. The molecule has 2 heterocycles. The third kappa shape index (κ3) is 3.57. The Kier molecular flexibility index (Phi) is 4.73. The van der Waals surface area contributed by atoms with E-state index in [1.807, 2.05) is 6.92 Å². The van der Waals surface area contributed by atoms with Crippen molar-refractivity contribution in [2.24, 2.45) is 5.92 Å². The molecule has 2 unspecified atom stereocenters. The van der Waals surface area contributed by atoms with Crippen LogP contribution in [0.1, 0.15) is 31.2 Å². The molecule has 0 saturated heterocycles. The summed E-state index contributed by atoms with van der Waals surface area (Å²) in [5.74, 6) is -0.952. The van der Waals surface area contributed by atoms with Crippen molar-refractivity contribution in [3.63, 3.8) is 0 Å². The second-order valence-corrected chi connectivity index (χ2v) is 5.08. The Bertz CT molecular complexity index is 486. The van der Waals surface area contributed by atoms with Gasteiger partial charge < -0.3 is 15.4 Å². The Labute approximate surface area is 117 Å². The Morgan fingerprint density at radius 1 is 1.60 bits per heavy atom. The van der Waals surface area contributed by atoms with Crippen LogP contribution in [0.25, 0.3) is 0 Å². The molecule has 0 aliphatic carbocycles. The number of aromatic amines is 1. The summed E-state index contributed by atoms with van der Waals surface area (Å²) in [4.78, 5) is 30.0. The molecule has 1 aliphatic heterocycles. The monoisotopic (exact) mass is 280 g/mol. The molecule has 0 spiro atoms. The van der Waals surface area contributed by atoms with Crippen molar-refractivity contribution in [2.45, 2.75) is 38.8 Å². The number of nitrogens with zero attached hydrogens (tertiary/aromatic N) is 1. The summed E-state index contributed by atoms with van der Waals surface area (Å²) in [6.45, 7) is 2.92. The average molecular weight is 280 g/mol. The molecule has 2 rings (SSSR count). The first-order valence-corrected chi connectivity index (χ1v) is 6.84. The van der Waals surface area contributed by atoms with Gasteiger partial charge in [0.15, 0.2) is 0 Å². The van der Waals surface area contributed by atoms with Gasteiger partial charge in [-0.25, -0.2) is 4.98 Å². The Morgan fingerprint density at radius 3 is 3.10 bits per heavy atom. The van der Waals surface area contributed by atoms with E-state index in [0.29, 0.717) is 19.5 Å². The van der Waals surface area contributed by atoms with Crippen LogP contribution in [0.15, 0.2) is 6.33 Å². The molecule has 7 nitrogen and oxygen atoms in total. The van der Waals surface area contributed by atoms with Crippen LogP contribution in [0.5, 0.6) is 0 Å². The first-order valence-electron chi connectivity index (χ1n) is 6.84. The molecule has 20 heavy (non-hydrogen) atoms. The van der Waals surface area contributed by atoms with Gasteiger partial charge in [-0.3, -0.25) is 14.9 Å². The summed E-state index contributed by atoms with van der Waals surface area (Å²) in [6.07, 6.45) is 3.00. The standard InChI is InChI=1S/C13H20N4O3/c1-2-8(3-12(18)19)5-15-13(20)10-4-9-11(6-14-10)17-7-16-9/h7-8,10,14H,2-6H2,1H3,(H,15,20)(H,16,17)(H,18,19). The molecule has 1 aromatic rings. The van der Waals surface area contributed by atoms with E-state index in [0.717, 1.165) is 17.8 Å². The van der Waals surface area contributed by atoms with Crippen LogP contribution >= 0.6 is 0 Å². The van der Waals surface area contributed by atoms with E-state index < -0.39 is 5.97 Å². The molecular weight excluding hydrogens is 260 g/mol. The van der Waals surface area contributed by atoms with Crippen LogP contribution in [-0.2, 0) is 22.6 Å². The molecule has 2 atom stereocenters. The van der Waals surface area contributed by atoms with E-state index >= 15 is 0 Å². The summed E-state index contributed by atoms with van der Waals surface area (Å²) in [5.41, 5.74) is 1.94. The van der Waals surface area contributed by atoms with Gasteiger partial charge >= 0.3 is 5.97 Å². The third-order valence-electron chi connectivity index (χ3n) is 3.65. The Morgan fingerprint density at radius 2 is 2.40 bits per heavy atom. The third-order valence-corrected chi connectivity index (χ3v) is 3.65. The number of hydrogen-bond donors (Lipinski definition) is 4. The molecule has 0 aromatic carbocycles. The summed E-state index contributed by atoms with van der Waals surface area (Å²) in [5, 5.41) is 14.8. The fraction of sp³-hybridized carbons (Fsp3) is 0.615. The van der Waals surface area contributed by atoms with Crippen LogP contribution in [0.2, 0.25) is 0 Å². The van der Waals surface area contributed by atoms with Gasteiger partial charge in [0.05, 0.1) is 23.8 Å². The van der Waals surface area contributed by atoms with Crippen molar-refractivity contribution in [2.75, 3.05) is 6.54 Å². The number of carboxylic acid groups (broad SMARTS) is 1. The minimum atomic E-state index is -0.831. The van der Waals surface area contributed by atoms with Crippen LogP contribution in [0.3, 0.4) is 0 Å². The summed E-state index contributed by atoms with van der Waals surface area (Å²) in [7, 11) is 0. The van der Waals surface area contributed by atoms with Gasteiger partial charge in [-0.2, -0.15) is 0 Å². The molecular formula is C13H20N4O3. The van der Waals surface area contributed by atoms with E-state index in [4.69, 9.17) is 5.11 Å². The SMILES string of the molecule is CCC(CNC(=O)C1Cc2nc[nH]c2CN1)CC(=O)O. The maximum absolute atomic E-state index is 12.1. The number of amides is 1. The van der Waals surface area contributed by atoms with Crippen molar-refractivity contribution in [1.29, 1.82) is 0 Å². The van der Waals surface area contributed by atoms with Gasteiger partial charge in [0.2, 0.25) is 5.91 Å². The minimum Gasteiger partial charge on any atom is -0.481 e. The minimum absolute atomic E-state index is 0.0269. The molecule has 0 fully saturated rings. The van der Waals surface area contributed by atoms with Crippen molar-refractivity contribution < 1.29 is 14.7 Å². The maximum atomic E-state index is 12.1. The van der Waals surface area contributed by atoms with E-state index in [1.54, 1.807) is 6.33 Å². The van der Waals surface area contributed by atoms with E-state index in [2.05, 4.69) is 20.6 Å². The van der Waals surface area contributed by atoms with Crippen LogP contribution in [0.4, 0.5) is 0 Å². The number of imidazole rings is 1. The number of carbonyl (C=O) groups excluding carboxylic acids is 1. The number of carboxylic acids is 1. The van der Waals surface area contributed by atoms with Gasteiger partial charge in [-0.1, -0.05) is 13.3 Å². The number of rotatable bonds is 6. The highest BCUT2D eigenvalue weighted by molar-refractivity contribution is 5.82. The summed E-state index contributed by atoms with van der Waals surface area (Å²) >= 11 is 0. The number of carbonyl (C=O) groups is 2. The number of H-pyrrole nitrogens is 1. The molecule has 0 saturated carbocycles. The largest absolute Gasteiger partial charge is 0.481 e. The van der Waals surface area contributed by atoms with Crippen LogP contribution in [-0.4, -0.2) is 39.5 Å². The zero-order valence-electron chi connectivity index (χ0n) is 11.5. The highest BCUT2D eigenvalue weighted by Gasteiger charge is 2.26. The molecule has 1 amide bonds. The number of aliphatic carboxylic acids is 1. The fourth-order valence-corrected chi connectivity index (χ4v) is 2.33. The highest BCUT2D eigenvalue weighted by Crippen LogP contribution is 2.12. The number of aromatic nitrogens is 2. The van der Waals surface area contributed by atoms with Crippen molar-refractivity contribution in [3.8, 4) is 0 Å². The van der Waals surface area contributed by atoms with Crippen LogP contribution < -0.4 is 10.6 Å². The maximum Gasteiger partial charge on any atom is 0.303 e. The molecule has 110 valence electrons. The highest BCUT2D eigenvalue weighted by atomic mass is 16.4. The summed E-state index contributed by atoms with van der Waals surface area (Å²) < 4.78 is 0. The predicted molar refractivity (Wildman–Crippen MR) is 72.0 cm³/mol. The second-order valence-electron chi connectivity index (χ2n) is 5.08. The summed E-state index contributed by atoms with van der Waals surface area (Å²) in [6, 6.07) is -0.298. The van der Waals surface area contributed by atoms with Crippen molar-refractivity contribution in [3.05, 3.63) is 17.7 Å². The fourth-order valence-electron chi connectivity index (χ4n) is 2.33. The van der Waals surface area contributed by atoms with Gasteiger partial charge in [0.25, 0.3) is 0 Å². The number of nitrogens with one attached hydrogen (secondary N) is 3. The first kappa shape index (κ1) is 14.5. The number of fused-ring (bicyclic) bond motifs is 1. The lowest BCUT2D eigenvalue weighted by atomic mass is 10.0. The average Bonchev–Trinajstić information content (AvgIpc) is 2.89. The van der Waals surface area contributed by atoms with E-state index in [-0.39, 0.29) is 24.3 Å². The molecule has 1 aliphatic rings. The van der Waals surface area contributed by atoms with Crippen LogP contribution in [0, 0.1) is 5.92 Å². The first-order chi connectivity index (χ1) is 9.60. The van der Waals surface area contributed by atoms with Crippen molar-refractivity contribution >= 4 is 11.9 Å². The normalized spacial score (nSPS) is 19.1. The Balaban J connectivity index is 1.82. The zero-order valence-corrected chi connectivity index (χ0v) is 11.5. The lowest BCUT2D eigenvalue weighted by Crippen LogP contribution is -2.48. The molecule has 4 N–H and O–H groups in total. The lowest BCUT2D eigenvalue weighted by molar-refractivity contribution is -0.138. The van der Waals surface area contributed by atoms with Crippen molar-refractivity contribution in [1.82, 2.24) is 20.6 Å².